The van der Waals surface area contributed by atoms with E-state index in [2.05, 4.69) is 5.32 Å². The van der Waals surface area contributed by atoms with Gasteiger partial charge >= 0.3 is 12.1 Å². The summed E-state index contributed by atoms with van der Waals surface area (Å²) >= 11 is 0. The number of carboxylic acids is 1. The zero-order valence-electron chi connectivity index (χ0n) is 10.1. The molecule has 0 amide bonds. The Morgan fingerprint density at radius 1 is 1.32 bits per heavy atom. The second kappa shape index (κ2) is 5.21. The summed E-state index contributed by atoms with van der Waals surface area (Å²) in [5.41, 5.74) is 0.0449. The first-order chi connectivity index (χ1) is 8.88. The highest BCUT2D eigenvalue weighted by Crippen LogP contribution is 2.30. The molecule has 2 rings (SSSR count). The number of benzene rings is 1. The van der Waals surface area contributed by atoms with E-state index < -0.39 is 23.8 Å². The molecule has 1 fully saturated rings. The number of nitrogens with one attached hydrogen (secondary N) is 1. The van der Waals surface area contributed by atoms with E-state index in [9.17, 15) is 18.0 Å². The van der Waals surface area contributed by atoms with Crippen LogP contribution >= 0.6 is 0 Å². The number of aliphatic carboxylic acids is 1. The van der Waals surface area contributed by atoms with E-state index in [1.807, 2.05) is 0 Å². The van der Waals surface area contributed by atoms with E-state index in [4.69, 9.17) is 5.11 Å². The normalized spacial score (nSPS) is 23.5. The van der Waals surface area contributed by atoms with Gasteiger partial charge in [0.1, 0.15) is 6.04 Å². The Balaban J connectivity index is 2.06. The van der Waals surface area contributed by atoms with Gasteiger partial charge in [0.15, 0.2) is 0 Å². The Morgan fingerprint density at radius 3 is 2.47 bits per heavy atom. The lowest BCUT2D eigenvalue weighted by molar-refractivity contribution is -0.140. The first-order valence-corrected chi connectivity index (χ1v) is 6.00. The largest absolute Gasteiger partial charge is 0.480 e. The number of carboxylic acid groups (broad SMARTS) is 1. The summed E-state index contributed by atoms with van der Waals surface area (Å²) in [6.07, 6.45) is -3.14. The molecule has 1 unspecified atom stereocenters. The van der Waals surface area contributed by atoms with Crippen molar-refractivity contribution >= 4 is 5.97 Å². The molecule has 6 heteroatoms. The first kappa shape index (κ1) is 13.9. The molecule has 0 saturated carbocycles. The maximum absolute atomic E-state index is 12.4. The van der Waals surface area contributed by atoms with Crippen molar-refractivity contribution in [3.05, 3.63) is 35.4 Å². The standard InChI is InChI=1S/C13H14F3NO2/c14-13(15,16)10-3-1-8(2-4-10)7-9-5-6-17-11(9)12(18)19/h1-4,9,11,17H,5-7H2,(H,18,19)/t9?,11-/m0/s1. The fourth-order valence-corrected chi connectivity index (χ4v) is 2.40. The van der Waals surface area contributed by atoms with Gasteiger partial charge in [0, 0.05) is 0 Å². The van der Waals surface area contributed by atoms with Crippen molar-refractivity contribution in [3.8, 4) is 0 Å². The molecule has 104 valence electrons. The van der Waals surface area contributed by atoms with Gasteiger partial charge in [-0.2, -0.15) is 13.2 Å². The predicted molar refractivity (Wildman–Crippen MR) is 62.7 cm³/mol. The first-order valence-electron chi connectivity index (χ1n) is 6.00. The number of rotatable bonds is 3. The van der Waals surface area contributed by atoms with Gasteiger partial charge < -0.3 is 10.4 Å². The molecule has 1 aliphatic heterocycles. The lowest BCUT2D eigenvalue weighted by Crippen LogP contribution is -2.36. The molecular formula is C13H14F3NO2. The average Bonchev–Trinajstić information content (AvgIpc) is 2.77. The van der Waals surface area contributed by atoms with Gasteiger partial charge in [-0.05, 0) is 43.0 Å². The van der Waals surface area contributed by atoms with Crippen LogP contribution in [0.5, 0.6) is 0 Å². The molecule has 1 aliphatic rings. The third-order valence-corrected chi connectivity index (χ3v) is 3.40. The van der Waals surface area contributed by atoms with Crippen LogP contribution in [0.3, 0.4) is 0 Å². The smallest absolute Gasteiger partial charge is 0.416 e. The number of hydrogen-bond acceptors (Lipinski definition) is 2. The molecule has 1 aromatic carbocycles. The molecule has 1 aromatic rings. The highest BCUT2D eigenvalue weighted by molar-refractivity contribution is 5.74. The number of carbonyl (C=O) groups is 1. The van der Waals surface area contributed by atoms with Gasteiger partial charge in [-0.1, -0.05) is 12.1 Å². The van der Waals surface area contributed by atoms with Crippen LogP contribution < -0.4 is 5.32 Å². The molecule has 2 atom stereocenters. The van der Waals surface area contributed by atoms with Crippen LogP contribution in [0.4, 0.5) is 13.2 Å². The summed E-state index contributed by atoms with van der Waals surface area (Å²) in [5, 5.41) is 11.9. The van der Waals surface area contributed by atoms with Crippen molar-refractivity contribution in [3.63, 3.8) is 0 Å². The molecule has 0 bridgehead atoms. The summed E-state index contributed by atoms with van der Waals surface area (Å²) < 4.78 is 37.2. The maximum Gasteiger partial charge on any atom is 0.416 e. The molecule has 0 spiro atoms. The van der Waals surface area contributed by atoms with Crippen molar-refractivity contribution in [2.24, 2.45) is 5.92 Å². The molecule has 0 radical (unpaired) electrons. The topological polar surface area (TPSA) is 49.3 Å². The Kier molecular flexibility index (Phi) is 3.80. The minimum absolute atomic E-state index is 0.0748. The summed E-state index contributed by atoms with van der Waals surface area (Å²) in [7, 11) is 0. The van der Waals surface area contributed by atoms with Crippen molar-refractivity contribution in [2.75, 3.05) is 6.54 Å². The third kappa shape index (κ3) is 3.26. The van der Waals surface area contributed by atoms with Gasteiger partial charge in [0.05, 0.1) is 5.56 Å². The maximum atomic E-state index is 12.4. The summed E-state index contributed by atoms with van der Waals surface area (Å²) in [5.74, 6) is -0.983. The van der Waals surface area contributed by atoms with Crippen LogP contribution in [-0.2, 0) is 17.4 Å². The number of alkyl halides is 3. The zero-order chi connectivity index (χ0) is 14.0. The van der Waals surface area contributed by atoms with Crippen molar-refractivity contribution < 1.29 is 23.1 Å². The number of halogens is 3. The molecule has 3 nitrogen and oxygen atoms in total. The average molecular weight is 273 g/mol. The predicted octanol–water partition coefficient (Wildman–Crippen LogP) is 2.31. The lowest BCUT2D eigenvalue weighted by Gasteiger charge is -2.15. The molecule has 1 heterocycles. The summed E-state index contributed by atoms with van der Waals surface area (Å²) in [4.78, 5) is 11.0. The molecule has 1 saturated heterocycles. The monoisotopic (exact) mass is 273 g/mol. The summed E-state index contributed by atoms with van der Waals surface area (Å²) in [6, 6.07) is 4.29. The van der Waals surface area contributed by atoms with Gasteiger partial charge in [-0.25, -0.2) is 0 Å². The van der Waals surface area contributed by atoms with Gasteiger partial charge in [0.25, 0.3) is 0 Å². The third-order valence-electron chi connectivity index (χ3n) is 3.40. The molecule has 0 aliphatic carbocycles. The minimum Gasteiger partial charge on any atom is -0.480 e. The second-order valence-electron chi connectivity index (χ2n) is 4.72. The van der Waals surface area contributed by atoms with E-state index in [0.717, 1.165) is 24.1 Å². The van der Waals surface area contributed by atoms with Gasteiger partial charge in [-0.15, -0.1) is 0 Å². The summed E-state index contributed by atoms with van der Waals surface area (Å²) in [6.45, 7) is 0.627. The van der Waals surface area contributed by atoms with E-state index >= 15 is 0 Å². The molecule has 0 aromatic heterocycles. The van der Waals surface area contributed by atoms with Crippen LogP contribution in [-0.4, -0.2) is 23.7 Å². The zero-order valence-corrected chi connectivity index (χ0v) is 10.1. The van der Waals surface area contributed by atoms with Crippen LogP contribution in [0.25, 0.3) is 0 Å². The van der Waals surface area contributed by atoms with E-state index in [-0.39, 0.29) is 5.92 Å². The van der Waals surface area contributed by atoms with Crippen molar-refractivity contribution in [1.82, 2.24) is 5.32 Å². The van der Waals surface area contributed by atoms with E-state index in [1.54, 1.807) is 0 Å². The van der Waals surface area contributed by atoms with Crippen LogP contribution in [0.15, 0.2) is 24.3 Å². The highest BCUT2D eigenvalue weighted by atomic mass is 19.4. The quantitative estimate of drug-likeness (QED) is 0.888. The lowest BCUT2D eigenvalue weighted by atomic mass is 9.92. The molecule has 19 heavy (non-hydrogen) atoms. The van der Waals surface area contributed by atoms with E-state index in [0.29, 0.717) is 13.0 Å². The Morgan fingerprint density at radius 2 is 1.95 bits per heavy atom. The van der Waals surface area contributed by atoms with E-state index in [1.165, 1.54) is 12.1 Å². The van der Waals surface area contributed by atoms with Crippen molar-refractivity contribution in [2.45, 2.75) is 25.1 Å². The molecule has 2 N–H and O–H groups in total. The van der Waals surface area contributed by atoms with Crippen LogP contribution in [0.1, 0.15) is 17.5 Å². The highest BCUT2D eigenvalue weighted by Gasteiger charge is 2.33. The Labute approximate surface area is 108 Å². The fourth-order valence-electron chi connectivity index (χ4n) is 2.40. The number of hydrogen-bond donors (Lipinski definition) is 2. The van der Waals surface area contributed by atoms with Crippen molar-refractivity contribution in [1.29, 1.82) is 0 Å². The Bertz CT molecular complexity index is 456. The van der Waals surface area contributed by atoms with Gasteiger partial charge in [0.2, 0.25) is 0 Å². The minimum atomic E-state index is -4.34. The van der Waals surface area contributed by atoms with Crippen LogP contribution in [0, 0.1) is 5.92 Å². The van der Waals surface area contributed by atoms with Crippen LogP contribution in [0.2, 0.25) is 0 Å². The Hall–Kier alpha value is -1.56. The SMILES string of the molecule is O=C(O)[C@H]1NCCC1Cc1ccc(C(F)(F)F)cc1. The molecular weight excluding hydrogens is 259 g/mol. The fraction of sp³-hybridized carbons (Fsp3) is 0.462. The second-order valence-corrected chi connectivity index (χ2v) is 4.72. The van der Waals surface area contributed by atoms with Gasteiger partial charge in [-0.3, -0.25) is 4.79 Å².